The average Bonchev–Trinajstić information content (AvgIpc) is 3.06. The number of rotatable bonds is 4. The van der Waals surface area contributed by atoms with Crippen LogP contribution in [0.25, 0.3) is 23.2 Å². The number of hydrogen-bond acceptors (Lipinski definition) is 1. The maximum atomic E-state index is 5.98. The quantitative estimate of drug-likeness (QED) is 0.408. The van der Waals surface area contributed by atoms with E-state index in [1.807, 2.05) is 36.4 Å². The van der Waals surface area contributed by atoms with Crippen molar-refractivity contribution >= 4 is 34.8 Å². The topological polar surface area (TPSA) is 17.8 Å². The van der Waals surface area contributed by atoms with Crippen LogP contribution in [0.5, 0.6) is 0 Å². The van der Waals surface area contributed by atoms with Crippen molar-refractivity contribution in [2.75, 3.05) is 0 Å². The molecule has 0 aliphatic heterocycles. The SMILES string of the molecule is CC(c1ccccc1)n1c(/C=C/c2ccc(Cl)cc2)nc2ccccc21. The van der Waals surface area contributed by atoms with Gasteiger partial charge in [0.15, 0.2) is 0 Å². The van der Waals surface area contributed by atoms with Crippen molar-refractivity contribution < 1.29 is 0 Å². The second-order valence-corrected chi connectivity index (χ2v) is 6.74. The molecule has 1 heterocycles. The summed E-state index contributed by atoms with van der Waals surface area (Å²) >= 11 is 5.98. The molecule has 1 aromatic heterocycles. The van der Waals surface area contributed by atoms with Crippen LogP contribution in [-0.2, 0) is 0 Å². The van der Waals surface area contributed by atoms with Gasteiger partial charge in [-0.3, -0.25) is 0 Å². The van der Waals surface area contributed by atoms with Crippen LogP contribution in [-0.4, -0.2) is 9.55 Å². The van der Waals surface area contributed by atoms with E-state index in [1.165, 1.54) is 5.56 Å². The van der Waals surface area contributed by atoms with Gasteiger partial charge < -0.3 is 4.57 Å². The Morgan fingerprint density at radius 2 is 1.54 bits per heavy atom. The Bertz CT molecular complexity index is 1050. The summed E-state index contributed by atoms with van der Waals surface area (Å²) in [5.74, 6) is 0.942. The van der Waals surface area contributed by atoms with E-state index in [2.05, 4.69) is 66.1 Å². The fraction of sp³-hybridized carbons (Fsp3) is 0.0870. The van der Waals surface area contributed by atoms with Crippen molar-refractivity contribution in [2.45, 2.75) is 13.0 Å². The van der Waals surface area contributed by atoms with Gasteiger partial charge in [0.1, 0.15) is 5.82 Å². The first kappa shape index (κ1) is 16.6. The number of benzene rings is 3. The highest BCUT2D eigenvalue weighted by Gasteiger charge is 2.15. The average molecular weight is 359 g/mol. The molecule has 0 N–H and O–H groups in total. The highest BCUT2D eigenvalue weighted by Crippen LogP contribution is 2.27. The van der Waals surface area contributed by atoms with E-state index in [-0.39, 0.29) is 6.04 Å². The Morgan fingerprint density at radius 1 is 0.846 bits per heavy atom. The maximum absolute atomic E-state index is 5.98. The molecule has 4 rings (SSSR count). The lowest BCUT2D eigenvalue weighted by molar-refractivity contribution is 0.652. The van der Waals surface area contributed by atoms with Crippen LogP contribution >= 0.6 is 11.6 Å². The molecule has 1 unspecified atom stereocenters. The summed E-state index contributed by atoms with van der Waals surface area (Å²) in [5.41, 5.74) is 4.50. The third-order valence-corrected chi connectivity index (χ3v) is 4.84. The Morgan fingerprint density at radius 3 is 2.31 bits per heavy atom. The lowest BCUT2D eigenvalue weighted by Crippen LogP contribution is -2.08. The van der Waals surface area contributed by atoms with E-state index in [4.69, 9.17) is 16.6 Å². The largest absolute Gasteiger partial charge is 0.317 e. The van der Waals surface area contributed by atoms with E-state index in [0.29, 0.717) is 0 Å². The Labute approximate surface area is 158 Å². The van der Waals surface area contributed by atoms with Gasteiger partial charge in [-0.2, -0.15) is 0 Å². The van der Waals surface area contributed by atoms with Gasteiger partial charge in [-0.1, -0.05) is 72.3 Å². The lowest BCUT2D eigenvalue weighted by atomic mass is 10.1. The second kappa shape index (κ2) is 7.19. The van der Waals surface area contributed by atoms with Crippen molar-refractivity contribution in [3.8, 4) is 0 Å². The summed E-state index contributed by atoms with van der Waals surface area (Å²) in [4.78, 5) is 4.84. The van der Waals surface area contributed by atoms with Gasteiger partial charge in [0.25, 0.3) is 0 Å². The van der Waals surface area contributed by atoms with Crippen molar-refractivity contribution in [2.24, 2.45) is 0 Å². The molecule has 1 atom stereocenters. The Hall–Kier alpha value is -2.84. The number of para-hydroxylation sites is 2. The molecule has 0 fully saturated rings. The van der Waals surface area contributed by atoms with Gasteiger partial charge in [-0.25, -0.2) is 4.98 Å². The molecule has 4 aromatic rings. The fourth-order valence-electron chi connectivity index (χ4n) is 3.21. The van der Waals surface area contributed by atoms with E-state index in [9.17, 15) is 0 Å². The van der Waals surface area contributed by atoms with Crippen LogP contribution in [0, 0.1) is 0 Å². The first-order chi connectivity index (χ1) is 12.7. The van der Waals surface area contributed by atoms with E-state index in [1.54, 1.807) is 0 Å². The van der Waals surface area contributed by atoms with Gasteiger partial charge in [0.2, 0.25) is 0 Å². The van der Waals surface area contributed by atoms with E-state index in [0.717, 1.165) is 27.4 Å². The molecule has 0 aliphatic rings. The summed E-state index contributed by atoms with van der Waals surface area (Å²) in [6, 6.07) is 26.8. The number of halogens is 1. The van der Waals surface area contributed by atoms with Gasteiger partial charge >= 0.3 is 0 Å². The summed E-state index contributed by atoms with van der Waals surface area (Å²) in [6.07, 6.45) is 4.15. The van der Waals surface area contributed by atoms with Crippen LogP contribution in [0.3, 0.4) is 0 Å². The predicted octanol–water partition coefficient (Wildman–Crippen LogP) is 6.47. The molecule has 128 valence electrons. The van der Waals surface area contributed by atoms with Crippen LogP contribution in [0.4, 0.5) is 0 Å². The van der Waals surface area contributed by atoms with Gasteiger partial charge in [0, 0.05) is 5.02 Å². The Kier molecular flexibility index (Phi) is 4.59. The minimum absolute atomic E-state index is 0.188. The third kappa shape index (κ3) is 3.29. The predicted molar refractivity (Wildman–Crippen MR) is 110 cm³/mol. The third-order valence-electron chi connectivity index (χ3n) is 4.59. The maximum Gasteiger partial charge on any atom is 0.134 e. The molecule has 0 radical (unpaired) electrons. The van der Waals surface area contributed by atoms with Crippen molar-refractivity contribution in [3.63, 3.8) is 0 Å². The zero-order valence-electron chi connectivity index (χ0n) is 14.5. The second-order valence-electron chi connectivity index (χ2n) is 6.30. The minimum Gasteiger partial charge on any atom is -0.317 e. The van der Waals surface area contributed by atoms with Gasteiger partial charge in [-0.15, -0.1) is 0 Å². The van der Waals surface area contributed by atoms with Crippen molar-refractivity contribution in [1.29, 1.82) is 0 Å². The molecule has 0 saturated carbocycles. The number of nitrogens with zero attached hydrogens (tertiary/aromatic N) is 2. The normalized spacial score (nSPS) is 12.7. The molecule has 0 bridgehead atoms. The molecule has 0 saturated heterocycles. The molecule has 2 nitrogen and oxygen atoms in total. The summed E-state index contributed by atoms with van der Waals surface area (Å²) < 4.78 is 2.29. The summed E-state index contributed by atoms with van der Waals surface area (Å²) in [6.45, 7) is 2.21. The number of aromatic nitrogens is 2. The highest BCUT2D eigenvalue weighted by molar-refractivity contribution is 6.30. The molecule has 0 amide bonds. The Balaban J connectivity index is 1.80. The number of imidazole rings is 1. The van der Waals surface area contributed by atoms with Gasteiger partial charge in [-0.05, 0) is 48.4 Å². The van der Waals surface area contributed by atoms with Crippen LogP contribution < -0.4 is 0 Å². The van der Waals surface area contributed by atoms with Crippen molar-refractivity contribution in [3.05, 3.63) is 101 Å². The van der Waals surface area contributed by atoms with E-state index < -0.39 is 0 Å². The molecule has 3 heteroatoms. The molecule has 26 heavy (non-hydrogen) atoms. The summed E-state index contributed by atoms with van der Waals surface area (Å²) in [7, 11) is 0. The molecular weight excluding hydrogens is 340 g/mol. The zero-order valence-corrected chi connectivity index (χ0v) is 15.3. The van der Waals surface area contributed by atoms with Crippen LogP contribution in [0.15, 0.2) is 78.9 Å². The number of hydrogen-bond donors (Lipinski definition) is 0. The van der Waals surface area contributed by atoms with Crippen LogP contribution in [0.1, 0.15) is 29.9 Å². The smallest absolute Gasteiger partial charge is 0.134 e. The fourth-order valence-corrected chi connectivity index (χ4v) is 3.34. The number of fused-ring (bicyclic) bond motifs is 1. The first-order valence-electron chi connectivity index (χ1n) is 8.68. The monoisotopic (exact) mass is 358 g/mol. The molecule has 0 spiro atoms. The summed E-state index contributed by atoms with van der Waals surface area (Å²) in [5, 5.41) is 0.743. The standard InChI is InChI=1S/C23H19ClN2/c1-17(19-7-3-2-4-8-19)26-22-10-6-5-9-21(22)25-23(26)16-13-18-11-14-20(24)15-12-18/h2-17H,1H3/b16-13+. The van der Waals surface area contributed by atoms with E-state index >= 15 is 0 Å². The van der Waals surface area contributed by atoms with Crippen LogP contribution in [0.2, 0.25) is 5.02 Å². The van der Waals surface area contributed by atoms with Crippen molar-refractivity contribution in [1.82, 2.24) is 9.55 Å². The molecule has 0 aliphatic carbocycles. The molecular formula is C23H19ClN2. The first-order valence-corrected chi connectivity index (χ1v) is 9.06. The lowest BCUT2D eigenvalue weighted by Gasteiger charge is -2.17. The highest BCUT2D eigenvalue weighted by atomic mass is 35.5. The van der Waals surface area contributed by atoms with Gasteiger partial charge in [0.05, 0.1) is 17.1 Å². The minimum atomic E-state index is 0.188. The molecule has 3 aromatic carbocycles. The zero-order chi connectivity index (χ0) is 17.9.